The Morgan fingerprint density at radius 3 is 2.88 bits per heavy atom. The van der Waals surface area contributed by atoms with Crippen LogP contribution in [0.3, 0.4) is 0 Å². The number of alkyl halides is 2. The van der Waals surface area contributed by atoms with Gasteiger partial charge < -0.3 is 5.11 Å². The molecule has 1 amide bonds. The van der Waals surface area contributed by atoms with Crippen LogP contribution in [0.2, 0.25) is 0 Å². The fourth-order valence-electron chi connectivity index (χ4n) is 1.93. The second-order valence-electron chi connectivity index (χ2n) is 3.70. The minimum Gasteiger partial charge on any atom is -0.465 e. The molecule has 88 valence electrons. The van der Waals surface area contributed by atoms with Crippen molar-refractivity contribution in [3.05, 3.63) is 18.5 Å². The highest BCUT2D eigenvalue weighted by molar-refractivity contribution is 5.65. The molecule has 1 aliphatic rings. The molecule has 1 fully saturated rings. The third-order valence-corrected chi connectivity index (χ3v) is 2.60. The highest BCUT2D eigenvalue weighted by Crippen LogP contribution is 2.39. The van der Waals surface area contributed by atoms with Gasteiger partial charge in [-0.3, -0.25) is 4.90 Å². The maximum Gasteiger partial charge on any atom is 0.409 e. The van der Waals surface area contributed by atoms with E-state index in [1.807, 2.05) is 0 Å². The molecule has 1 saturated heterocycles. The van der Waals surface area contributed by atoms with E-state index in [0.29, 0.717) is 0 Å². The molecule has 0 spiro atoms. The van der Waals surface area contributed by atoms with Gasteiger partial charge in [-0.2, -0.15) is 5.10 Å². The predicted molar refractivity (Wildman–Crippen MR) is 50.2 cm³/mol. The van der Waals surface area contributed by atoms with Crippen molar-refractivity contribution in [2.24, 2.45) is 0 Å². The topological polar surface area (TPSA) is 58.4 Å². The Bertz CT molecular complexity index is 380. The van der Waals surface area contributed by atoms with E-state index in [-0.39, 0.29) is 19.4 Å². The fourth-order valence-corrected chi connectivity index (χ4v) is 1.93. The number of piperidine rings is 1. The van der Waals surface area contributed by atoms with Gasteiger partial charge in [0.1, 0.15) is 0 Å². The Labute approximate surface area is 90.3 Å². The summed E-state index contributed by atoms with van der Waals surface area (Å²) in [6, 6.07) is 1.49. The van der Waals surface area contributed by atoms with Crippen LogP contribution in [0, 0.1) is 0 Å². The molecule has 5 nitrogen and oxygen atoms in total. The van der Waals surface area contributed by atoms with Crippen molar-refractivity contribution in [3.8, 4) is 0 Å². The third kappa shape index (κ3) is 1.72. The van der Waals surface area contributed by atoms with E-state index in [9.17, 15) is 13.6 Å². The summed E-state index contributed by atoms with van der Waals surface area (Å²) in [4.78, 5) is 11.6. The minimum atomic E-state index is -3.08. The molecule has 2 heterocycles. The monoisotopic (exact) mass is 231 g/mol. The van der Waals surface area contributed by atoms with Gasteiger partial charge >= 0.3 is 6.09 Å². The zero-order valence-corrected chi connectivity index (χ0v) is 8.38. The van der Waals surface area contributed by atoms with E-state index in [2.05, 4.69) is 5.10 Å². The van der Waals surface area contributed by atoms with Gasteiger partial charge in [-0.1, -0.05) is 0 Å². The van der Waals surface area contributed by atoms with Crippen molar-refractivity contribution in [2.75, 3.05) is 6.54 Å². The van der Waals surface area contributed by atoms with Crippen LogP contribution in [-0.4, -0.2) is 38.3 Å². The van der Waals surface area contributed by atoms with E-state index in [0.717, 1.165) is 9.58 Å². The normalized spacial score (nSPS) is 24.4. The molecule has 0 saturated carbocycles. The lowest BCUT2D eigenvalue weighted by Crippen LogP contribution is -2.51. The minimum absolute atomic E-state index is 0.107. The number of carbonyl (C=O) groups is 1. The number of hydrogen-bond acceptors (Lipinski definition) is 2. The summed E-state index contributed by atoms with van der Waals surface area (Å²) in [5.41, 5.74) is 0. The Morgan fingerprint density at radius 2 is 2.31 bits per heavy atom. The molecule has 1 aliphatic heterocycles. The first-order valence-electron chi connectivity index (χ1n) is 4.89. The summed E-state index contributed by atoms with van der Waals surface area (Å²) in [6.07, 6.45) is -0.336. The van der Waals surface area contributed by atoms with Gasteiger partial charge in [0.2, 0.25) is 0 Å². The summed E-state index contributed by atoms with van der Waals surface area (Å²) in [7, 11) is 0. The summed E-state index contributed by atoms with van der Waals surface area (Å²) in [5, 5.41) is 12.6. The van der Waals surface area contributed by atoms with Crippen LogP contribution in [0.4, 0.5) is 13.6 Å². The summed E-state index contributed by atoms with van der Waals surface area (Å²) in [6.45, 7) is 0.107. The molecule has 0 radical (unpaired) electrons. The maximum absolute atomic E-state index is 13.7. The van der Waals surface area contributed by atoms with Gasteiger partial charge in [-0.15, -0.1) is 0 Å². The van der Waals surface area contributed by atoms with E-state index in [1.54, 1.807) is 0 Å². The van der Waals surface area contributed by atoms with Crippen LogP contribution in [-0.2, 0) is 0 Å². The maximum atomic E-state index is 13.7. The molecule has 0 aromatic carbocycles. The number of nitrogens with zero attached hydrogens (tertiary/aromatic N) is 3. The standard InChI is InChI=1S/C9H11F2N3O2/c10-9(11)3-1-5-13(8(15)16)7(9)14-6-2-4-12-14/h2,4,6-7H,1,3,5H2,(H,15,16). The number of rotatable bonds is 1. The second-order valence-corrected chi connectivity index (χ2v) is 3.70. The summed E-state index contributed by atoms with van der Waals surface area (Å²) in [5.74, 6) is -3.08. The predicted octanol–water partition coefficient (Wildman–Crippen LogP) is 1.79. The van der Waals surface area contributed by atoms with Crippen LogP contribution < -0.4 is 0 Å². The number of aromatic nitrogens is 2. The summed E-state index contributed by atoms with van der Waals surface area (Å²) < 4.78 is 28.3. The van der Waals surface area contributed by atoms with Crippen LogP contribution in [0.1, 0.15) is 19.0 Å². The Hall–Kier alpha value is -1.66. The zero-order chi connectivity index (χ0) is 11.8. The Balaban J connectivity index is 2.36. The molecule has 7 heteroatoms. The Morgan fingerprint density at radius 1 is 1.56 bits per heavy atom. The number of carboxylic acid groups (broad SMARTS) is 1. The molecule has 1 atom stereocenters. The fraction of sp³-hybridized carbons (Fsp3) is 0.556. The van der Waals surface area contributed by atoms with Gasteiger partial charge in [0.15, 0.2) is 6.17 Å². The van der Waals surface area contributed by atoms with Crippen molar-refractivity contribution in [1.29, 1.82) is 0 Å². The van der Waals surface area contributed by atoms with Crippen LogP contribution in [0.15, 0.2) is 18.5 Å². The van der Waals surface area contributed by atoms with Gasteiger partial charge in [0.05, 0.1) is 0 Å². The van der Waals surface area contributed by atoms with Crippen LogP contribution >= 0.6 is 0 Å². The largest absolute Gasteiger partial charge is 0.465 e. The van der Waals surface area contributed by atoms with Crippen LogP contribution in [0.5, 0.6) is 0 Å². The first-order chi connectivity index (χ1) is 7.52. The van der Waals surface area contributed by atoms with E-state index in [4.69, 9.17) is 5.11 Å². The average molecular weight is 231 g/mol. The molecule has 2 rings (SSSR count). The van der Waals surface area contributed by atoms with Gasteiger partial charge in [0, 0.05) is 25.4 Å². The van der Waals surface area contributed by atoms with Crippen molar-refractivity contribution in [1.82, 2.24) is 14.7 Å². The molecule has 1 aromatic rings. The molecule has 1 unspecified atom stereocenters. The first-order valence-corrected chi connectivity index (χ1v) is 4.89. The molecular weight excluding hydrogens is 220 g/mol. The number of likely N-dealkylation sites (tertiary alicyclic amines) is 1. The smallest absolute Gasteiger partial charge is 0.409 e. The Kier molecular flexibility index (Phi) is 2.53. The molecule has 0 bridgehead atoms. The molecule has 0 aliphatic carbocycles. The quantitative estimate of drug-likeness (QED) is 0.801. The van der Waals surface area contributed by atoms with Gasteiger partial charge in [-0.05, 0) is 12.5 Å². The molecule has 1 aromatic heterocycles. The van der Waals surface area contributed by atoms with Crippen LogP contribution in [0.25, 0.3) is 0 Å². The first kappa shape index (κ1) is 10.8. The van der Waals surface area contributed by atoms with Crippen molar-refractivity contribution < 1.29 is 18.7 Å². The summed E-state index contributed by atoms with van der Waals surface area (Å²) >= 11 is 0. The second kappa shape index (κ2) is 3.73. The average Bonchev–Trinajstić information content (AvgIpc) is 2.68. The lowest BCUT2D eigenvalue weighted by atomic mass is 10.0. The third-order valence-electron chi connectivity index (χ3n) is 2.60. The van der Waals surface area contributed by atoms with E-state index in [1.165, 1.54) is 18.5 Å². The van der Waals surface area contributed by atoms with Gasteiger partial charge in [-0.25, -0.2) is 18.3 Å². The molecular formula is C9H11F2N3O2. The SMILES string of the molecule is O=C(O)N1CCCC(F)(F)C1n1cccn1. The number of hydrogen-bond donors (Lipinski definition) is 1. The van der Waals surface area contributed by atoms with Crippen molar-refractivity contribution in [3.63, 3.8) is 0 Å². The van der Waals surface area contributed by atoms with E-state index < -0.39 is 18.2 Å². The van der Waals surface area contributed by atoms with Crippen molar-refractivity contribution in [2.45, 2.75) is 24.9 Å². The molecule has 16 heavy (non-hydrogen) atoms. The number of halogens is 2. The number of amides is 1. The highest BCUT2D eigenvalue weighted by atomic mass is 19.3. The lowest BCUT2D eigenvalue weighted by molar-refractivity contribution is -0.137. The molecule has 1 N–H and O–H groups in total. The van der Waals surface area contributed by atoms with Crippen molar-refractivity contribution >= 4 is 6.09 Å². The highest BCUT2D eigenvalue weighted by Gasteiger charge is 2.49. The van der Waals surface area contributed by atoms with Gasteiger partial charge in [0.25, 0.3) is 5.92 Å². The lowest BCUT2D eigenvalue weighted by Gasteiger charge is -2.39. The van der Waals surface area contributed by atoms with E-state index >= 15 is 0 Å². The zero-order valence-electron chi connectivity index (χ0n) is 8.38.